The lowest BCUT2D eigenvalue weighted by atomic mass is 9.97. The second-order valence-electron chi connectivity index (χ2n) is 8.67. The number of carboxylic acids is 1. The van der Waals surface area contributed by atoms with Crippen molar-refractivity contribution in [1.82, 2.24) is 4.98 Å². The molecule has 180 valence electrons. The van der Waals surface area contributed by atoms with Crippen LogP contribution in [0, 0.1) is 17.0 Å². The number of aromatic nitrogens is 1. The smallest absolute Gasteiger partial charge is 0.352 e. The van der Waals surface area contributed by atoms with Gasteiger partial charge in [0.05, 0.1) is 17.0 Å². The molecular formula is C29H24N2O5. The minimum atomic E-state index is -1.03. The summed E-state index contributed by atoms with van der Waals surface area (Å²) in [7, 11) is 0. The molecule has 7 nitrogen and oxygen atoms in total. The van der Waals surface area contributed by atoms with Gasteiger partial charge in [-0.3, -0.25) is 10.1 Å². The maximum Gasteiger partial charge on any atom is 0.352 e. The van der Waals surface area contributed by atoms with Crippen molar-refractivity contribution in [3.8, 4) is 16.9 Å². The SMILES string of the molecule is Cc1ccccc1-c1cccc2c(CCCOc3c([N+](=O)[O-])ccc4ccccc34)c(C(=O)O)[nH]c12. The Labute approximate surface area is 207 Å². The summed E-state index contributed by atoms with van der Waals surface area (Å²) in [5, 5.41) is 23.9. The summed E-state index contributed by atoms with van der Waals surface area (Å²) >= 11 is 0. The van der Waals surface area contributed by atoms with E-state index >= 15 is 0 Å². The maximum atomic E-state index is 12.1. The largest absolute Gasteiger partial charge is 0.486 e. The number of fused-ring (bicyclic) bond motifs is 2. The fourth-order valence-corrected chi connectivity index (χ4v) is 4.77. The molecule has 0 unspecified atom stereocenters. The second-order valence-corrected chi connectivity index (χ2v) is 8.67. The Hall–Kier alpha value is -4.65. The lowest BCUT2D eigenvalue weighted by molar-refractivity contribution is -0.385. The number of benzene rings is 4. The van der Waals surface area contributed by atoms with Gasteiger partial charge < -0.3 is 14.8 Å². The number of nitro groups is 1. The fourth-order valence-electron chi connectivity index (χ4n) is 4.77. The number of nitro benzene ring substituents is 1. The van der Waals surface area contributed by atoms with E-state index in [1.807, 2.05) is 67.6 Å². The highest BCUT2D eigenvalue weighted by molar-refractivity contribution is 6.03. The second kappa shape index (κ2) is 9.54. The molecular weight excluding hydrogens is 456 g/mol. The number of ether oxygens (including phenoxy) is 1. The summed E-state index contributed by atoms with van der Waals surface area (Å²) in [6.07, 6.45) is 0.930. The zero-order chi connectivity index (χ0) is 25.2. The molecule has 2 N–H and O–H groups in total. The van der Waals surface area contributed by atoms with Gasteiger partial charge >= 0.3 is 11.7 Å². The van der Waals surface area contributed by atoms with Gasteiger partial charge in [-0.05, 0) is 47.9 Å². The van der Waals surface area contributed by atoms with Crippen LogP contribution >= 0.6 is 0 Å². The van der Waals surface area contributed by atoms with E-state index in [2.05, 4.69) is 4.98 Å². The van der Waals surface area contributed by atoms with E-state index in [0.29, 0.717) is 23.8 Å². The number of aromatic carboxylic acids is 1. The van der Waals surface area contributed by atoms with Crippen LogP contribution in [0.3, 0.4) is 0 Å². The predicted octanol–water partition coefficient (Wildman–Crippen LogP) is 6.91. The number of aromatic amines is 1. The summed E-state index contributed by atoms with van der Waals surface area (Å²) < 4.78 is 5.93. The Kier molecular flexibility index (Phi) is 6.12. The Morgan fingerprint density at radius 3 is 2.44 bits per heavy atom. The van der Waals surface area contributed by atoms with Crippen LogP contribution in [0.4, 0.5) is 5.69 Å². The molecule has 7 heteroatoms. The maximum absolute atomic E-state index is 12.1. The Morgan fingerprint density at radius 1 is 0.944 bits per heavy atom. The highest BCUT2D eigenvalue weighted by atomic mass is 16.6. The summed E-state index contributed by atoms with van der Waals surface area (Å²) in [5.41, 5.74) is 4.63. The average Bonchev–Trinajstić information content (AvgIpc) is 3.26. The fraction of sp³-hybridized carbons (Fsp3) is 0.138. The molecule has 0 saturated carbocycles. The van der Waals surface area contributed by atoms with E-state index in [-0.39, 0.29) is 23.7 Å². The lowest BCUT2D eigenvalue weighted by Crippen LogP contribution is -2.05. The molecule has 0 aliphatic carbocycles. The van der Waals surface area contributed by atoms with Crippen molar-refractivity contribution < 1.29 is 19.6 Å². The average molecular weight is 481 g/mol. The number of carbonyl (C=O) groups is 1. The first-order chi connectivity index (χ1) is 17.5. The van der Waals surface area contributed by atoms with Crippen LogP contribution in [0.25, 0.3) is 32.8 Å². The highest BCUT2D eigenvalue weighted by Gasteiger charge is 2.21. The molecule has 4 aromatic carbocycles. The van der Waals surface area contributed by atoms with Gasteiger partial charge in [0.1, 0.15) is 5.69 Å². The van der Waals surface area contributed by atoms with Gasteiger partial charge in [-0.2, -0.15) is 0 Å². The van der Waals surface area contributed by atoms with Crippen LogP contribution in [-0.4, -0.2) is 27.6 Å². The molecule has 1 heterocycles. The minimum absolute atomic E-state index is 0.0881. The lowest BCUT2D eigenvalue weighted by Gasteiger charge is -2.10. The molecule has 0 radical (unpaired) electrons. The van der Waals surface area contributed by atoms with Crippen LogP contribution in [0.15, 0.2) is 78.9 Å². The zero-order valence-electron chi connectivity index (χ0n) is 19.7. The first-order valence-corrected chi connectivity index (χ1v) is 11.7. The van der Waals surface area contributed by atoms with Crippen molar-refractivity contribution in [3.63, 3.8) is 0 Å². The van der Waals surface area contributed by atoms with E-state index in [0.717, 1.165) is 33.0 Å². The van der Waals surface area contributed by atoms with Crippen LogP contribution in [0.5, 0.6) is 5.75 Å². The summed E-state index contributed by atoms with van der Waals surface area (Å²) in [6.45, 7) is 2.23. The number of nitrogens with one attached hydrogen (secondary N) is 1. The van der Waals surface area contributed by atoms with E-state index in [1.54, 1.807) is 12.1 Å². The van der Waals surface area contributed by atoms with Crippen LogP contribution in [0.1, 0.15) is 28.0 Å². The summed E-state index contributed by atoms with van der Waals surface area (Å²) in [4.78, 5) is 26.4. The summed E-state index contributed by atoms with van der Waals surface area (Å²) in [6, 6.07) is 24.4. The van der Waals surface area contributed by atoms with Gasteiger partial charge in [0.25, 0.3) is 0 Å². The standard InChI is InChI=1S/C29H24N2O5/c1-18-8-2-4-10-20(18)22-12-6-13-23-24(27(29(32)33)30-26(22)23)14-7-17-36-28-21-11-5-3-9-19(21)15-16-25(28)31(34)35/h2-6,8-13,15-16,30H,7,14,17H2,1H3,(H,32,33). The number of aryl methyl sites for hydroxylation is 2. The Morgan fingerprint density at radius 2 is 1.67 bits per heavy atom. The molecule has 5 aromatic rings. The van der Waals surface area contributed by atoms with Crippen LogP contribution in [-0.2, 0) is 6.42 Å². The molecule has 36 heavy (non-hydrogen) atoms. The highest BCUT2D eigenvalue weighted by Crippen LogP contribution is 2.36. The van der Waals surface area contributed by atoms with E-state index in [1.165, 1.54) is 6.07 Å². The Bertz CT molecular complexity index is 1620. The van der Waals surface area contributed by atoms with Crippen molar-refractivity contribution in [1.29, 1.82) is 0 Å². The van der Waals surface area contributed by atoms with E-state index in [4.69, 9.17) is 4.74 Å². The van der Waals surface area contributed by atoms with Gasteiger partial charge in [-0.1, -0.05) is 66.7 Å². The zero-order valence-corrected chi connectivity index (χ0v) is 19.7. The van der Waals surface area contributed by atoms with Gasteiger partial charge in [0.15, 0.2) is 0 Å². The predicted molar refractivity (Wildman–Crippen MR) is 140 cm³/mol. The number of hydrogen-bond acceptors (Lipinski definition) is 4. The normalized spacial score (nSPS) is 11.1. The van der Waals surface area contributed by atoms with Crippen molar-refractivity contribution >= 4 is 33.3 Å². The third-order valence-corrected chi connectivity index (χ3v) is 6.46. The van der Waals surface area contributed by atoms with Gasteiger partial charge in [0.2, 0.25) is 5.75 Å². The van der Waals surface area contributed by atoms with Crippen LogP contribution < -0.4 is 4.74 Å². The molecule has 0 saturated heterocycles. The molecule has 0 aliphatic heterocycles. The third kappa shape index (κ3) is 4.15. The van der Waals surface area contributed by atoms with Crippen molar-refractivity contribution in [2.75, 3.05) is 6.61 Å². The monoisotopic (exact) mass is 480 g/mol. The van der Waals surface area contributed by atoms with Crippen molar-refractivity contribution in [2.24, 2.45) is 0 Å². The van der Waals surface area contributed by atoms with Gasteiger partial charge in [-0.25, -0.2) is 4.79 Å². The molecule has 0 aliphatic rings. The van der Waals surface area contributed by atoms with Crippen molar-refractivity contribution in [3.05, 3.63) is 106 Å². The third-order valence-electron chi connectivity index (χ3n) is 6.46. The number of para-hydroxylation sites is 1. The minimum Gasteiger partial charge on any atom is -0.486 e. The number of nitrogens with zero attached hydrogens (tertiary/aromatic N) is 1. The quantitative estimate of drug-likeness (QED) is 0.143. The van der Waals surface area contributed by atoms with Crippen LogP contribution in [0.2, 0.25) is 0 Å². The molecule has 0 bridgehead atoms. The molecule has 1 aromatic heterocycles. The van der Waals surface area contributed by atoms with Gasteiger partial charge in [0, 0.05) is 22.4 Å². The number of H-pyrrole nitrogens is 1. The number of carboxylic acid groups (broad SMARTS) is 1. The molecule has 0 atom stereocenters. The number of rotatable bonds is 8. The number of hydrogen-bond donors (Lipinski definition) is 2. The molecule has 0 amide bonds. The van der Waals surface area contributed by atoms with Crippen molar-refractivity contribution in [2.45, 2.75) is 19.8 Å². The molecule has 5 rings (SSSR count). The first kappa shape index (κ1) is 23.1. The van der Waals surface area contributed by atoms with Gasteiger partial charge in [-0.15, -0.1) is 0 Å². The topological polar surface area (TPSA) is 105 Å². The molecule has 0 fully saturated rings. The van der Waals surface area contributed by atoms with E-state index < -0.39 is 10.9 Å². The molecule has 0 spiro atoms. The summed E-state index contributed by atoms with van der Waals surface area (Å²) in [5.74, 6) is -0.792. The Balaban J connectivity index is 1.44. The first-order valence-electron chi connectivity index (χ1n) is 11.7. The van der Waals surface area contributed by atoms with E-state index in [9.17, 15) is 20.0 Å².